The van der Waals surface area contributed by atoms with Crippen molar-refractivity contribution in [2.45, 2.75) is 38.7 Å². The summed E-state index contributed by atoms with van der Waals surface area (Å²) in [6.45, 7) is 2.01. The van der Waals surface area contributed by atoms with Gasteiger partial charge in [-0.05, 0) is 24.1 Å². The van der Waals surface area contributed by atoms with E-state index in [0.717, 1.165) is 12.8 Å². The third-order valence-electron chi connectivity index (χ3n) is 2.33. The van der Waals surface area contributed by atoms with Gasteiger partial charge in [-0.3, -0.25) is 0 Å². The number of hydrogen-bond acceptors (Lipinski definition) is 2. The van der Waals surface area contributed by atoms with Crippen LogP contribution >= 0.6 is 0 Å². The van der Waals surface area contributed by atoms with E-state index in [1.165, 1.54) is 24.3 Å². The van der Waals surface area contributed by atoms with E-state index in [4.69, 9.17) is 0 Å². The van der Waals surface area contributed by atoms with E-state index >= 15 is 0 Å². The SMILES string of the molecule is CCCCC(O)c1ccc(OC(F)(F)F)cc1. The van der Waals surface area contributed by atoms with E-state index in [0.29, 0.717) is 12.0 Å². The number of benzene rings is 1. The molecule has 0 aliphatic rings. The van der Waals surface area contributed by atoms with Crippen LogP contribution in [0.15, 0.2) is 24.3 Å². The van der Waals surface area contributed by atoms with Crippen molar-refractivity contribution in [3.8, 4) is 5.75 Å². The number of ether oxygens (including phenoxy) is 1. The van der Waals surface area contributed by atoms with Crippen LogP contribution in [0, 0.1) is 0 Å². The van der Waals surface area contributed by atoms with Gasteiger partial charge in [-0.15, -0.1) is 13.2 Å². The van der Waals surface area contributed by atoms with Gasteiger partial charge in [-0.1, -0.05) is 31.9 Å². The van der Waals surface area contributed by atoms with Gasteiger partial charge in [0.2, 0.25) is 0 Å². The molecule has 0 saturated heterocycles. The van der Waals surface area contributed by atoms with E-state index in [9.17, 15) is 18.3 Å². The minimum atomic E-state index is -4.68. The van der Waals surface area contributed by atoms with Crippen molar-refractivity contribution in [1.29, 1.82) is 0 Å². The van der Waals surface area contributed by atoms with Crippen LogP contribution in [0.25, 0.3) is 0 Å². The number of hydrogen-bond donors (Lipinski definition) is 1. The molecule has 1 rings (SSSR count). The Bertz CT molecular complexity index is 333. The molecule has 0 saturated carbocycles. The fraction of sp³-hybridized carbons (Fsp3) is 0.500. The third kappa shape index (κ3) is 5.08. The molecule has 0 bridgehead atoms. The van der Waals surface area contributed by atoms with Crippen LogP contribution in [0.1, 0.15) is 37.9 Å². The van der Waals surface area contributed by atoms with Crippen molar-refractivity contribution >= 4 is 0 Å². The fourth-order valence-electron chi connectivity index (χ4n) is 1.46. The first-order chi connectivity index (χ1) is 7.92. The molecular weight excluding hydrogens is 233 g/mol. The molecule has 17 heavy (non-hydrogen) atoms. The van der Waals surface area contributed by atoms with Crippen LogP contribution in [-0.4, -0.2) is 11.5 Å². The normalized spacial score (nSPS) is 13.5. The molecule has 96 valence electrons. The van der Waals surface area contributed by atoms with Crippen molar-refractivity contribution in [3.63, 3.8) is 0 Å². The van der Waals surface area contributed by atoms with Gasteiger partial charge in [-0.2, -0.15) is 0 Å². The number of rotatable bonds is 5. The zero-order chi connectivity index (χ0) is 12.9. The molecule has 1 aromatic rings. The molecular formula is C12H15F3O2. The highest BCUT2D eigenvalue weighted by Gasteiger charge is 2.30. The maximum absolute atomic E-state index is 11.9. The van der Waals surface area contributed by atoms with Gasteiger partial charge in [-0.25, -0.2) is 0 Å². The molecule has 2 nitrogen and oxygen atoms in total. The van der Waals surface area contributed by atoms with E-state index in [2.05, 4.69) is 4.74 Å². The Hall–Kier alpha value is -1.23. The molecule has 0 aromatic heterocycles. The number of aliphatic hydroxyl groups excluding tert-OH is 1. The smallest absolute Gasteiger partial charge is 0.406 e. The summed E-state index contributed by atoms with van der Waals surface area (Å²) in [6.07, 6.45) is -2.86. The molecule has 1 aromatic carbocycles. The lowest BCUT2D eigenvalue weighted by Gasteiger charge is -2.12. The Morgan fingerprint density at radius 3 is 2.29 bits per heavy atom. The molecule has 5 heteroatoms. The van der Waals surface area contributed by atoms with Gasteiger partial charge in [0.1, 0.15) is 5.75 Å². The van der Waals surface area contributed by atoms with Crippen LogP contribution in [0.4, 0.5) is 13.2 Å². The average molecular weight is 248 g/mol. The van der Waals surface area contributed by atoms with Crippen molar-refractivity contribution in [3.05, 3.63) is 29.8 Å². The molecule has 0 radical (unpaired) electrons. The summed E-state index contributed by atoms with van der Waals surface area (Å²) in [5.74, 6) is -0.274. The van der Waals surface area contributed by atoms with Crippen molar-refractivity contribution < 1.29 is 23.0 Å². The van der Waals surface area contributed by atoms with Gasteiger partial charge in [0.05, 0.1) is 6.10 Å². The van der Waals surface area contributed by atoms with Gasteiger partial charge in [0.25, 0.3) is 0 Å². The summed E-state index contributed by atoms with van der Waals surface area (Å²) >= 11 is 0. The lowest BCUT2D eigenvalue weighted by atomic mass is 10.0. The Morgan fingerprint density at radius 2 is 1.82 bits per heavy atom. The number of halogens is 3. The Morgan fingerprint density at radius 1 is 1.24 bits per heavy atom. The third-order valence-corrected chi connectivity index (χ3v) is 2.33. The van der Waals surface area contributed by atoms with E-state index in [1.54, 1.807) is 0 Å². The molecule has 0 spiro atoms. The fourth-order valence-corrected chi connectivity index (χ4v) is 1.46. The monoisotopic (exact) mass is 248 g/mol. The van der Waals surface area contributed by atoms with Gasteiger partial charge in [0.15, 0.2) is 0 Å². The maximum Gasteiger partial charge on any atom is 0.573 e. The Labute approximate surface area is 98.0 Å². The highest BCUT2D eigenvalue weighted by atomic mass is 19.4. The summed E-state index contributed by atoms with van der Waals surface area (Å²) in [7, 11) is 0. The summed E-state index contributed by atoms with van der Waals surface area (Å²) < 4.78 is 39.4. The van der Waals surface area contributed by atoms with Crippen LogP contribution in [-0.2, 0) is 0 Å². The largest absolute Gasteiger partial charge is 0.573 e. The minimum Gasteiger partial charge on any atom is -0.406 e. The molecule has 0 amide bonds. The van der Waals surface area contributed by atoms with Gasteiger partial charge in [0, 0.05) is 0 Å². The maximum atomic E-state index is 11.9. The molecule has 1 atom stereocenters. The van der Waals surface area contributed by atoms with E-state index < -0.39 is 12.5 Å². The molecule has 0 heterocycles. The average Bonchev–Trinajstić information content (AvgIpc) is 2.24. The Kier molecular flexibility index (Phi) is 4.81. The lowest BCUT2D eigenvalue weighted by molar-refractivity contribution is -0.274. The standard InChI is InChI=1S/C12H15F3O2/c1-2-3-4-11(16)9-5-7-10(8-6-9)17-12(13,14)15/h5-8,11,16H,2-4H2,1H3. The number of unbranched alkanes of at least 4 members (excludes halogenated alkanes) is 1. The van der Waals surface area contributed by atoms with E-state index in [1.807, 2.05) is 6.92 Å². The van der Waals surface area contributed by atoms with Crippen molar-refractivity contribution in [2.75, 3.05) is 0 Å². The molecule has 1 N–H and O–H groups in total. The topological polar surface area (TPSA) is 29.5 Å². The van der Waals surface area contributed by atoms with Crippen LogP contribution in [0.3, 0.4) is 0 Å². The van der Waals surface area contributed by atoms with Gasteiger partial charge < -0.3 is 9.84 Å². The second-order valence-electron chi connectivity index (χ2n) is 3.77. The number of alkyl halides is 3. The molecule has 0 aliphatic heterocycles. The second kappa shape index (κ2) is 5.91. The summed E-state index contributed by atoms with van der Waals surface area (Å²) in [4.78, 5) is 0. The molecule has 0 fully saturated rings. The van der Waals surface area contributed by atoms with Crippen molar-refractivity contribution in [1.82, 2.24) is 0 Å². The van der Waals surface area contributed by atoms with E-state index in [-0.39, 0.29) is 5.75 Å². The second-order valence-corrected chi connectivity index (χ2v) is 3.77. The highest BCUT2D eigenvalue weighted by Crippen LogP contribution is 2.25. The minimum absolute atomic E-state index is 0.274. The predicted molar refractivity (Wildman–Crippen MR) is 57.6 cm³/mol. The summed E-state index contributed by atoms with van der Waals surface area (Å²) in [6, 6.07) is 5.30. The van der Waals surface area contributed by atoms with Crippen LogP contribution in [0.2, 0.25) is 0 Å². The van der Waals surface area contributed by atoms with Crippen LogP contribution < -0.4 is 4.74 Å². The zero-order valence-corrected chi connectivity index (χ0v) is 9.50. The molecule has 0 aliphatic carbocycles. The summed E-state index contributed by atoms with van der Waals surface area (Å²) in [5, 5.41) is 9.71. The summed E-state index contributed by atoms with van der Waals surface area (Å²) in [5.41, 5.74) is 0.605. The lowest BCUT2D eigenvalue weighted by Crippen LogP contribution is -2.17. The first kappa shape index (κ1) is 13.8. The zero-order valence-electron chi connectivity index (χ0n) is 9.50. The van der Waals surface area contributed by atoms with Gasteiger partial charge >= 0.3 is 6.36 Å². The predicted octanol–water partition coefficient (Wildman–Crippen LogP) is 3.81. The Balaban J connectivity index is 2.61. The highest BCUT2D eigenvalue weighted by molar-refractivity contribution is 5.28. The van der Waals surface area contributed by atoms with Crippen LogP contribution in [0.5, 0.6) is 5.75 Å². The molecule has 1 unspecified atom stereocenters. The quantitative estimate of drug-likeness (QED) is 0.858. The first-order valence-corrected chi connectivity index (χ1v) is 5.46. The first-order valence-electron chi connectivity index (χ1n) is 5.46. The van der Waals surface area contributed by atoms with Crippen molar-refractivity contribution in [2.24, 2.45) is 0 Å². The number of aliphatic hydroxyl groups is 1.